The fourth-order valence-electron chi connectivity index (χ4n) is 0.566. The Balaban J connectivity index is 3.93. The summed E-state index contributed by atoms with van der Waals surface area (Å²) in [6.07, 6.45) is 0. The molecule has 0 saturated heterocycles. The summed E-state index contributed by atoms with van der Waals surface area (Å²) >= 11 is 3.81. The molecule has 0 bridgehead atoms. The second kappa shape index (κ2) is 8.85. The first-order chi connectivity index (χ1) is 7.14. The van der Waals surface area contributed by atoms with Crippen LogP contribution in [0.15, 0.2) is 0 Å². The molecular formula is C6H12O5S4. The van der Waals surface area contributed by atoms with Crippen LogP contribution >= 0.6 is 42.1 Å². The van der Waals surface area contributed by atoms with Crippen molar-refractivity contribution >= 4 is 47.4 Å². The molecule has 0 spiro atoms. The van der Waals surface area contributed by atoms with E-state index in [2.05, 4.69) is 11.7 Å². The van der Waals surface area contributed by atoms with E-state index in [9.17, 15) is 4.79 Å². The third-order valence-corrected chi connectivity index (χ3v) is 5.62. The van der Waals surface area contributed by atoms with E-state index in [1.807, 2.05) is 0 Å². The minimum Gasteiger partial charge on any atom is -0.456 e. The number of carbonyl (C=O) groups excluding carboxylic acids is 1. The van der Waals surface area contributed by atoms with E-state index in [1.54, 1.807) is 0 Å². The van der Waals surface area contributed by atoms with Gasteiger partial charge in [0.05, 0.1) is 25.2 Å². The number of carbonyl (C=O) groups is 1. The fraction of sp³-hybridized carbons (Fsp3) is 0.833. The molecule has 0 fully saturated rings. The van der Waals surface area contributed by atoms with Crippen molar-refractivity contribution in [3.8, 4) is 0 Å². The van der Waals surface area contributed by atoms with Crippen LogP contribution in [-0.2, 0) is 4.74 Å². The number of thiol groups is 1. The Hall–Kier alpha value is 0.750. The topological polar surface area (TPSA) is 87.0 Å². The quantitative estimate of drug-likeness (QED) is 0.314. The van der Waals surface area contributed by atoms with Crippen LogP contribution in [-0.4, -0.2) is 47.0 Å². The van der Waals surface area contributed by atoms with Crippen molar-refractivity contribution in [3.63, 3.8) is 0 Å². The Labute approximate surface area is 104 Å². The molecule has 15 heavy (non-hydrogen) atoms. The van der Waals surface area contributed by atoms with Crippen LogP contribution in [0, 0.1) is 5.41 Å². The molecule has 90 valence electrons. The van der Waals surface area contributed by atoms with Crippen molar-refractivity contribution in [2.75, 3.05) is 26.4 Å². The second-order valence-electron chi connectivity index (χ2n) is 2.74. The summed E-state index contributed by atoms with van der Waals surface area (Å²) in [6.45, 7) is -1.58. The molecule has 0 aromatic carbocycles. The lowest BCUT2D eigenvalue weighted by Gasteiger charge is -2.26. The summed E-state index contributed by atoms with van der Waals surface area (Å²) in [5.74, 6) is 0. The molecule has 3 N–H and O–H groups in total. The molecule has 0 rings (SSSR count). The zero-order chi connectivity index (χ0) is 11.7. The monoisotopic (exact) mass is 292 g/mol. The molecule has 0 atom stereocenters. The van der Waals surface area contributed by atoms with Crippen LogP contribution in [0.4, 0.5) is 4.79 Å². The predicted molar refractivity (Wildman–Crippen MR) is 66.8 cm³/mol. The molecule has 0 aromatic rings. The Kier molecular flexibility index (Phi) is 9.29. The SMILES string of the molecule is O=C(OCC(CO)(CO)CO)SSSS. The summed E-state index contributed by atoms with van der Waals surface area (Å²) in [7, 11) is 3.08. The van der Waals surface area contributed by atoms with Crippen molar-refractivity contribution in [2.45, 2.75) is 0 Å². The van der Waals surface area contributed by atoms with Crippen LogP contribution in [0.5, 0.6) is 0 Å². The fourth-order valence-corrected chi connectivity index (χ4v) is 2.76. The second-order valence-corrected chi connectivity index (χ2v) is 7.45. The van der Waals surface area contributed by atoms with Crippen LogP contribution in [0.25, 0.3) is 0 Å². The van der Waals surface area contributed by atoms with Gasteiger partial charge in [-0.2, -0.15) is 0 Å². The molecule has 0 aromatic heterocycles. The van der Waals surface area contributed by atoms with Crippen molar-refractivity contribution in [2.24, 2.45) is 5.41 Å². The van der Waals surface area contributed by atoms with Gasteiger partial charge >= 0.3 is 5.30 Å². The first-order valence-corrected chi connectivity index (χ1v) is 8.32. The van der Waals surface area contributed by atoms with E-state index in [-0.39, 0.29) is 6.61 Å². The van der Waals surface area contributed by atoms with Gasteiger partial charge < -0.3 is 20.1 Å². The summed E-state index contributed by atoms with van der Waals surface area (Å²) in [5.41, 5.74) is -1.17. The third kappa shape index (κ3) is 6.15. The molecule has 0 aliphatic rings. The summed E-state index contributed by atoms with van der Waals surface area (Å²) in [4.78, 5) is 11.0. The largest absolute Gasteiger partial charge is 0.456 e. The molecule has 0 aliphatic carbocycles. The van der Waals surface area contributed by atoms with Crippen LogP contribution < -0.4 is 0 Å². The Morgan fingerprint density at radius 3 is 2.20 bits per heavy atom. The number of ether oxygens (including phenoxy) is 1. The molecule has 0 saturated carbocycles. The molecule has 0 amide bonds. The third-order valence-electron chi connectivity index (χ3n) is 1.63. The van der Waals surface area contributed by atoms with Crippen molar-refractivity contribution in [1.82, 2.24) is 0 Å². The summed E-state index contributed by atoms with van der Waals surface area (Å²) < 4.78 is 4.76. The van der Waals surface area contributed by atoms with Crippen molar-refractivity contribution < 1.29 is 24.9 Å². The molecule has 9 heteroatoms. The van der Waals surface area contributed by atoms with Gasteiger partial charge in [-0.25, -0.2) is 4.79 Å². The number of rotatable bonds is 7. The molecule has 0 radical (unpaired) electrons. The average Bonchev–Trinajstić information content (AvgIpc) is 2.29. The molecular weight excluding hydrogens is 280 g/mol. The van der Waals surface area contributed by atoms with Crippen molar-refractivity contribution in [1.29, 1.82) is 0 Å². The Morgan fingerprint density at radius 2 is 1.80 bits per heavy atom. The highest BCUT2D eigenvalue weighted by atomic mass is 33.7. The van der Waals surface area contributed by atoms with E-state index in [0.29, 0.717) is 0 Å². The maximum Gasteiger partial charge on any atom is 0.378 e. The van der Waals surface area contributed by atoms with Gasteiger partial charge in [-0.3, -0.25) is 0 Å². The van der Waals surface area contributed by atoms with Gasteiger partial charge in [0, 0.05) is 10.8 Å². The zero-order valence-corrected chi connectivity index (χ0v) is 11.0. The highest BCUT2D eigenvalue weighted by molar-refractivity contribution is 9.25. The number of aliphatic hydroxyl groups is 3. The van der Waals surface area contributed by atoms with E-state index in [1.165, 1.54) is 0 Å². The zero-order valence-electron chi connectivity index (χ0n) is 7.66. The molecule has 0 unspecified atom stereocenters. The van der Waals surface area contributed by atoms with Gasteiger partial charge in [0.1, 0.15) is 6.61 Å². The highest BCUT2D eigenvalue weighted by Crippen LogP contribution is 2.38. The smallest absolute Gasteiger partial charge is 0.378 e. The molecule has 5 nitrogen and oxygen atoms in total. The highest BCUT2D eigenvalue weighted by Gasteiger charge is 2.30. The van der Waals surface area contributed by atoms with Gasteiger partial charge in [0.2, 0.25) is 0 Å². The van der Waals surface area contributed by atoms with Crippen LogP contribution in [0.3, 0.4) is 0 Å². The lowest BCUT2D eigenvalue weighted by molar-refractivity contribution is -0.0335. The minimum absolute atomic E-state index is 0.222. The Morgan fingerprint density at radius 1 is 1.27 bits per heavy atom. The summed E-state index contributed by atoms with van der Waals surface area (Å²) in [6, 6.07) is 0. The first kappa shape index (κ1) is 15.8. The van der Waals surface area contributed by atoms with Crippen LogP contribution in [0.2, 0.25) is 0 Å². The van der Waals surface area contributed by atoms with E-state index >= 15 is 0 Å². The first-order valence-electron chi connectivity index (χ1n) is 3.78. The number of aliphatic hydroxyl groups excluding tert-OH is 3. The minimum atomic E-state index is -1.17. The maximum atomic E-state index is 11.0. The standard InChI is InChI=1S/C6H12O5S4/c7-1-6(2-8,3-9)4-11-5(10)13-15-14-12/h7-9,12H,1-4H2. The maximum absolute atomic E-state index is 11.0. The van der Waals surface area contributed by atoms with Gasteiger partial charge in [-0.15, -0.1) is 0 Å². The number of hydrogen-bond acceptors (Lipinski definition) is 9. The van der Waals surface area contributed by atoms with E-state index < -0.39 is 30.5 Å². The average molecular weight is 292 g/mol. The lowest BCUT2D eigenvalue weighted by atomic mass is 9.93. The molecule has 0 aliphatic heterocycles. The number of hydrogen-bond donors (Lipinski definition) is 4. The lowest BCUT2D eigenvalue weighted by Crippen LogP contribution is -2.39. The van der Waals surface area contributed by atoms with Gasteiger partial charge in [0.25, 0.3) is 0 Å². The van der Waals surface area contributed by atoms with Crippen molar-refractivity contribution in [3.05, 3.63) is 0 Å². The molecule has 0 heterocycles. The van der Waals surface area contributed by atoms with E-state index in [4.69, 9.17) is 20.1 Å². The summed E-state index contributed by atoms with van der Waals surface area (Å²) in [5, 5.41) is 26.2. The Bertz CT molecular complexity index is 178. The predicted octanol–water partition coefficient (Wildman–Crippen LogP) is 0.961. The van der Waals surface area contributed by atoms with Gasteiger partial charge in [0.15, 0.2) is 0 Å². The van der Waals surface area contributed by atoms with E-state index in [0.717, 1.165) is 30.4 Å². The van der Waals surface area contributed by atoms with Gasteiger partial charge in [-0.05, 0) is 19.7 Å². The van der Waals surface area contributed by atoms with Gasteiger partial charge in [-0.1, -0.05) is 11.7 Å². The van der Waals surface area contributed by atoms with Crippen LogP contribution in [0.1, 0.15) is 0 Å². The normalized spacial score (nSPS) is 11.5.